The van der Waals surface area contributed by atoms with Crippen molar-refractivity contribution in [2.45, 2.75) is 12.8 Å². The number of benzene rings is 1. The van der Waals surface area contributed by atoms with E-state index < -0.39 is 0 Å². The Balaban J connectivity index is 1.81. The van der Waals surface area contributed by atoms with Crippen LogP contribution in [0.3, 0.4) is 0 Å². The van der Waals surface area contributed by atoms with Crippen molar-refractivity contribution in [3.63, 3.8) is 0 Å². The number of aromatic nitrogens is 4. The first kappa shape index (κ1) is 13.0. The SMILES string of the molecule is CNC(=O)CCCOc1ccc(-c2nn[nH]n2)cc1. The number of tetrazole rings is 1. The van der Waals surface area contributed by atoms with Crippen molar-refractivity contribution in [2.75, 3.05) is 13.7 Å². The van der Waals surface area contributed by atoms with Gasteiger partial charge < -0.3 is 10.1 Å². The highest BCUT2D eigenvalue weighted by Gasteiger charge is 2.03. The van der Waals surface area contributed by atoms with Crippen molar-refractivity contribution in [2.24, 2.45) is 0 Å². The molecule has 1 heterocycles. The molecule has 0 bridgehead atoms. The summed E-state index contributed by atoms with van der Waals surface area (Å²) in [5, 5.41) is 16.2. The normalized spacial score (nSPS) is 10.2. The number of hydrogen-bond acceptors (Lipinski definition) is 5. The lowest BCUT2D eigenvalue weighted by atomic mass is 10.2. The van der Waals surface area contributed by atoms with Gasteiger partial charge in [0.25, 0.3) is 0 Å². The maximum absolute atomic E-state index is 11.0. The van der Waals surface area contributed by atoms with Gasteiger partial charge in [-0.2, -0.15) is 5.21 Å². The van der Waals surface area contributed by atoms with Crippen LogP contribution in [0, 0.1) is 0 Å². The average Bonchev–Trinajstić information content (AvgIpc) is 2.98. The number of H-pyrrole nitrogens is 1. The summed E-state index contributed by atoms with van der Waals surface area (Å²) in [6.07, 6.45) is 1.16. The van der Waals surface area contributed by atoms with E-state index in [9.17, 15) is 4.79 Å². The summed E-state index contributed by atoms with van der Waals surface area (Å²) in [6, 6.07) is 7.40. The Hall–Kier alpha value is -2.44. The first-order valence-corrected chi connectivity index (χ1v) is 5.97. The van der Waals surface area contributed by atoms with Gasteiger partial charge in [-0.25, -0.2) is 0 Å². The molecule has 1 aromatic carbocycles. The Bertz CT molecular complexity index is 509. The fourth-order valence-corrected chi connectivity index (χ4v) is 1.53. The molecule has 0 atom stereocenters. The summed E-state index contributed by atoms with van der Waals surface area (Å²) in [4.78, 5) is 11.0. The van der Waals surface area contributed by atoms with Gasteiger partial charge in [0.1, 0.15) is 5.75 Å². The second kappa shape index (κ2) is 6.48. The van der Waals surface area contributed by atoms with Crippen LogP contribution in [0.25, 0.3) is 11.4 Å². The number of aromatic amines is 1. The molecule has 0 spiro atoms. The number of nitrogens with one attached hydrogen (secondary N) is 2. The van der Waals surface area contributed by atoms with Crippen LogP contribution in [0.2, 0.25) is 0 Å². The van der Waals surface area contributed by atoms with Gasteiger partial charge >= 0.3 is 0 Å². The molecule has 1 amide bonds. The van der Waals surface area contributed by atoms with Gasteiger partial charge in [0, 0.05) is 19.0 Å². The minimum atomic E-state index is 0.0241. The van der Waals surface area contributed by atoms with Gasteiger partial charge in [-0.1, -0.05) is 0 Å². The molecule has 2 aromatic rings. The van der Waals surface area contributed by atoms with Gasteiger partial charge in [-0.05, 0) is 35.9 Å². The molecule has 7 heteroatoms. The number of amides is 1. The Labute approximate surface area is 110 Å². The highest BCUT2D eigenvalue weighted by molar-refractivity contribution is 5.75. The molecular formula is C12H15N5O2. The van der Waals surface area contributed by atoms with E-state index in [-0.39, 0.29) is 5.91 Å². The van der Waals surface area contributed by atoms with Crippen LogP contribution in [-0.4, -0.2) is 40.2 Å². The molecule has 0 aliphatic carbocycles. The molecule has 19 heavy (non-hydrogen) atoms. The fraction of sp³-hybridized carbons (Fsp3) is 0.333. The van der Waals surface area contributed by atoms with Crippen LogP contribution >= 0.6 is 0 Å². The second-order valence-electron chi connectivity index (χ2n) is 3.88. The third-order valence-corrected chi connectivity index (χ3v) is 2.55. The summed E-state index contributed by atoms with van der Waals surface area (Å²) >= 11 is 0. The molecule has 2 rings (SSSR count). The van der Waals surface area contributed by atoms with Crippen molar-refractivity contribution in [1.82, 2.24) is 25.9 Å². The van der Waals surface area contributed by atoms with E-state index in [1.807, 2.05) is 24.3 Å². The fourth-order valence-electron chi connectivity index (χ4n) is 1.53. The second-order valence-corrected chi connectivity index (χ2v) is 3.88. The maximum Gasteiger partial charge on any atom is 0.219 e. The van der Waals surface area contributed by atoms with Crippen LogP contribution in [0.15, 0.2) is 24.3 Å². The van der Waals surface area contributed by atoms with E-state index in [1.54, 1.807) is 7.05 Å². The predicted molar refractivity (Wildman–Crippen MR) is 68.4 cm³/mol. The molecule has 7 nitrogen and oxygen atoms in total. The molecule has 0 fully saturated rings. The first-order chi connectivity index (χ1) is 9.29. The van der Waals surface area contributed by atoms with Crippen molar-refractivity contribution in [1.29, 1.82) is 0 Å². The maximum atomic E-state index is 11.0. The Morgan fingerprint density at radius 2 is 2.16 bits per heavy atom. The standard InChI is InChI=1S/C12H15N5O2/c1-13-11(18)3-2-8-19-10-6-4-9(5-7-10)12-14-16-17-15-12/h4-7H,2-3,8H2,1H3,(H,13,18)(H,14,15,16,17). The molecule has 0 saturated carbocycles. The first-order valence-electron chi connectivity index (χ1n) is 5.97. The van der Waals surface area contributed by atoms with Crippen molar-refractivity contribution >= 4 is 5.91 Å². The number of rotatable bonds is 6. The van der Waals surface area contributed by atoms with Gasteiger partial charge in [-0.3, -0.25) is 4.79 Å². The number of hydrogen-bond donors (Lipinski definition) is 2. The van der Waals surface area contributed by atoms with E-state index >= 15 is 0 Å². The zero-order valence-corrected chi connectivity index (χ0v) is 10.6. The van der Waals surface area contributed by atoms with Gasteiger partial charge in [0.2, 0.25) is 11.7 Å². The van der Waals surface area contributed by atoms with Crippen LogP contribution in [0.5, 0.6) is 5.75 Å². The lowest BCUT2D eigenvalue weighted by molar-refractivity contribution is -0.120. The molecule has 1 aromatic heterocycles. The van der Waals surface area contributed by atoms with E-state index in [1.165, 1.54) is 0 Å². The van der Waals surface area contributed by atoms with Crippen LogP contribution in [0.4, 0.5) is 0 Å². The zero-order chi connectivity index (χ0) is 13.5. The monoisotopic (exact) mass is 261 g/mol. The Morgan fingerprint density at radius 1 is 1.37 bits per heavy atom. The van der Waals surface area contributed by atoms with E-state index in [2.05, 4.69) is 25.9 Å². The Kier molecular flexibility index (Phi) is 4.44. The zero-order valence-electron chi connectivity index (χ0n) is 10.6. The van der Waals surface area contributed by atoms with Crippen LogP contribution < -0.4 is 10.1 Å². The summed E-state index contributed by atoms with van der Waals surface area (Å²) in [6.45, 7) is 0.509. The largest absolute Gasteiger partial charge is 0.494 e. The molecule has 0 radical (unpaired) electrons. The van der Waals surface area contributed by atoms with Gasteiger partial charge in [0.05, 0.1) is 6.61 Å². The summed E-state index contributed by atoms with van der Waals surface area (Å²) in [7, 11) is 1.62. The summed E-state index contributed by atoms with van der Waals surface area (Å²) in [5.41, 5.74) is 0.867. The molecule has 100 valence electrons. The smallest absolute Gasteiger partial charge is 0.219 e. The molecule has 0 saturated heterocycles. The van der Waals surface area contributed by atoms with Crippen molar-refractivity contribution in [3.8, 4) is 17.1 Å². The third kappa shape index (κ3) is 3.77. The summed E-state index contributed by atoms with van der Waals surface area (Å²) < 4.78 is 5.53. The highest BCUT2D eigenvalue weighted by atomic mass is 16.5. The minimum Gasteiger partial charge on any atom is -0.494 e. The van der Waals surface area contributed by atoms with Crippen molar-refractivity contribution in [3.05, 3.63) is 24.3 Å². The molecule has 2 N–H and O–H groups in total. The van der Waals surface area contributed by atoms with E-state index in [0.717, 1.165) is 11.3 Å². The highest BCUT2D eigenvalue weighted by Crippen LogP contribution is 2.18. The molecule has 0 unspecified atom stereocenters. The van der Waals surface area contributed by atoms with Gasteiger partial charge in [0.15, 0.2) is 0 Å². The lowest BCUT2D eigenvalue weighted by Gasteiger charge is -2.06. The molecule has 0 aliphatic rings. The Morgan fingerprint density at radius 3 is 2.79 bits per heavy atom. The lowest BCUT2D eigenvalue weighted by Crippen LogP contribution is -2.18. The van der Waals surface area contributed by atoms with E-state index in [0.29, 0.717) is 25.3 Å². The average molecular weight is 261 g/mol. The number of carbonyl (C=O) groups excluding carboxylic acids is 1. The van der Waals surface area contributed by atoms with Crippen LogP contribution in [-0.2, 0) is 4.79 Å². The topological polar surface area (TPSA) is 92.8 Å². The van der Waals surface area contributed by atoms with Gasteiger partial charge in [-0.15, -0.1) is 10.2 Å². The quantitative estimate of drug-likeness (QED) is 0.749. The molecular weight excluding hydrogens is 246 g/mol. The summed E-state index contributed by atoms with van der Waals surface area (Å²) in [5.74, 6) is 1.33. The predicted octanol–water partition coefficient (Wildman–Crippen LogP) is 0.772. The van der Waals surface area contributed by atoms with E-state index in [4.69, 9.17) is 4.74 Å². The van der Waals surface area contributed by atoms with Crippen LogP contribution in [0.1, 0.15) is 12.8 Å². The van der Waals surface area contributed by atoms with Crippen molar-refractivity contribution < 1.29 is 9.53 Å². The minimum absolute atomic E-state index is 0.0241. The number of carbonyl (C=O) groups is 1. The number of ether oxygens (including phenoxy) is 1. The number of nitrogens with zero attached hydrogens (tertiary/aromatic N) is 3. The molecule has 0 aliphatic heterocycles. The third-order valence-electron chi connectivity index (χ3n) is 2.55.